The van der Waals surface area contributed by atoms with Crippen LogP contribution in [0, 0.1) is 6.92 Å². The molecule has 4 aromatic rings. The van der Waals surface area contributed by atoms with Crippen molar-refractivity contribution < 1.29 is 9.59 Å². The van der Waals surface area contributed by atoms with E-state index in [1.165, 1.54) is 42.3 Å². The number of carbonyl (C=O) groups excluding carboxylic acids is 2. The lowest BCUT2D eigenvalue weighted by atomic mass is 10.2. The Morgan fingerprint density at radius 1 is 1.00 bits per heavy atom. The first-order valence-electron chi connectivity index (χ1n) is 9.47. The van der Waals surface area contributed by atoms with Crippen LogP contribution in [0.1, 0.15) is 25.7 Å². The third kappa shape index (κ3) is 3.69. The number of fused-ring (bicyclic) bond motifs is 1. The molecule has 0 unspecified atom stereocenters. The monoisotopic (exact) mass is 450 g/mol. The summed E-state index contributed by atoms with van der Waals surface area (Å²) in [6.45, 7) is 1.72. The van der Waals surface area contributed by atoms with Gasteiger partial charge in [0.2, 0.25) is 0 Å². The molecule has 0 atom stereocenters. The summed E-state index contributed by atoms with van der Waals surface area (Å²) in [5, 5.41) is 0.805. The van der Waals surface area contributed by atoms with Crippen molar-refractivity contribution in [3.63, 3.8) is 0 Å². The summed E-state index contributed by atoms with van der Waals surface area (Å²) in [5.74, 6) is -1.17. The van der Waals surface area contributed by atoms with Gasteiger partial charge >= 0.3 is 5.69 Å². The van der Waals surface area contributed by atoms with Crippen LogP contribution in [0.4, 0.5) is 0 Å². The van der Waals surface area contributed by atoms with Gasteiger partial charge in [0.25, 0.3) is 17.4 Å². The standard InChI is InChI=1S/C21H18N6O4S/c1-11-15(32-19(23-11)12-7-5-4-6-8-12)18(29)25-24-17(28)13-9-14-16(22-10-13)26(2)21(31)27(3)20(14)30/h4-10H,1-3H3,(H,24,28)(H,25,29). The number of nitrogens with one attached hydrogen (secondary N) is 2. The number of hydrazine groups is 1. The highest BCUT2D eigenvalue weighted by Gasteiger charge is 2.18. The first-order chi connectivity index (χ1) is 15.3. The Kier molecular flexibility index (Phi) is 5.41. The molecule has 0 aliphatic heterocycles. The summed E-state index contributed by atoms with van der Waals surface area (Å²) < 4.78 is 2.15. The number of nitrogens with zero attached hydrogens (tertiary/aromatic N) is 4. The molecule has 2 N–H and O–H groups in total. The molecule has 0 saturated carbocycles. The zero-order valence-electron chi connectivity index (χ0n) is 17.4. The van der Waals surface area contributed by atoms with Crippen molar-refractivity contribution >= 4 is 34.2 Å². The highest BCUT2D eigenvalue weighted by Crippen LogP contribution is 2.27. The zero-order chi connectivity index (χ0) is 23.0. The lowest BCUT2D eigenvalue weighted by Crippen LogP contribution is -2.42. The van der Waals surface area contributed by atoms with Crippen LogP contribution in [0.3, 0.4) is 0 Å². The van der Waals surface area contributed by atoms with Crippen LogP contribution in [0.5, 0.6) is 0 Å². The van der Waals surface area contributed by atoms with Gasteiger partial charge in [0, 0.05) is 25.9 Å². The summed E-state index contributed by atoms with van der Waals surface area (Å²) in [7, 11) is 2.83. The Morgan fingerprint density at radius 3 is 2.41 bits per heavy atom. The molecule has 3 heterocycles. The summed E-state index contributed by atoms with van der Waals surface area (Å²) in [4.78, 5) is 58.4. The van der Waals surface area contributed by atoms with E-state index in [2.05, 4.69) is 20.8 Å². The Morgan fingerprint density at radius 2 is 1.69 bits per heavy atom. The number of amides is 2. The van der Waals surface area contributed by atoms with E-state index in [0.717, 1.165) is 10.1 Å². The number of carbonyl (C=O) groups is 2. The fourth-order valence-corrected chi connectivity index (χ4v) is 4.11. The number of hydrogen-bond donors (Lipinski definition) is 2. The van der Waals surface area contributed by atoms with Crippen LogP contribution in [0.2, 0.25) is 0 Å². The second-order valence-corrected chi connectivity index (χ2v) is 8.01. The van der Waals surface area contributed by atoms with Gasteiger partial charge < -0.3 is 0 Å². The molecule has 32 heavy (non-hydrogen) atoms. The van der Waals surface area contributed by atoms with Crippen molar-refractivity contribution in [1.29, 1.82) is 0 Å². The van der Waals surface area contributed by atoms with Gasteiger partial charge in [-0.25, -0.2) is 14.8 Å². The van der Waals surface area contributed by atoms with Gasteiger partial charge in [0.05, 0.1) is 16.6 Å². The SMILES string of the molecule is Cc1nc(-c2ccccc2)sc1C(=O)NNC(=O)c1cnc2c(c1)c(=O)n(C)c(=O)n2C. The third-order valence-electron chi connectivity index (χ3n) is 4.87. The van der Waals surface area contributed by atoms with E-state index in [9.17, 15) is 19.2 Å². The molecule has 2 amide bonds. The summed E-state index contributed by atoms with van der Waals surface area (Å²) in [5.41, 5.74) is 5.24. The van der Waals surface area contributed by atoms with Gasteiger partial charge in [-0.2, -0.15) is 0 Å². The predicted molar refractivity (Wildman–Crippen MR) is 119 cm³/mol. The normalized spacial score (nSPS) is 10.8. The smallest absolute Gasteiger partial charge is 0.280 e. The zero-order valence-corrected chi connectivity index (χ0v) is 18.2. The molecule has 162 valence electrons. The summed E-state index contributed by atoms with van der Waals surface area (Å²) >= 11 is 1.21. The second-order valence-electron chi connectivity index (χ2n) is 7.01. The van der Waals surface area contributed by atoms with Crippen molar-refractivity contribution in [2.45, 2.75) is 6.92 Å². The maximum absolute atomic E-state index is 12.6. The number of pyridine rings is 1. The molecule has 3 aromatic heterocycles. The first kappa shape index (κ1) is 21.1. The maximum Gasteiger partial charge on any atom is 0.332 e. The van der Waals surface area contributed by atoms with E-state index in [1.807, 2.05) is 30.3 Å². The minimum atomic E-state index is -0.658. The van der Waals surface area contributed by atoms with Crippen LogP contribution in [-0.4, -0.2) is 30.9 Å². The number of aryl methyl sites for hydroxylation is 2. The van der Waals surface area contributed by atoms with Crippen molar-refractivity contribution in [2.75, 3.05) is 0 Å². The number of rotatable bonds is 3. The lowest BCUT2D eigenvalue weighted by molar-refractivity contribution is 0.0848. The Bertz CT molecular complexity index is 1490. The van der Waals surface area contributed by atoms with Crippen LogP contribution < -0.4 is 22.1 Å². The van der Waals surface area contributed by atoms with E-state index >= 15 is 0 Å². The Hall–Kier alpha value is -4.12. The van der Waals surface area contributed by atoms with E-state index in [4.69, 9.17) is 0 Å². The molecule has 1 aromatic carbocycles. The molecule has 11 heteroatoms. The lowest BCUT2D eigenvalue weighted by Gasteiger charge is -2.09. The fraction of sp³-hybridized carbons (Fsp3) is 0.143. The molecule has 0 aliphatic carbocycles. The van der Waals surface area contributed by atoms with Crippen molar-refractivity contribution in [1.82, 2.24) is 30.0 Å². The minimum absolute atomic E-state index is 0.0551. The average Bonchev–Trinajstić information content (AvgIpc) is 3.21. The average molecular weight is 450 g/mol. The molecule has 0 spiro atoms. The molecule has 0 fully saturated rings. The molecular formula is C21H18N6O4S. The van der Waals surface area contributed by atoms with E-state index in [-0.39, 0.29) is 16.6 Å². The maximum atomic E-state index is 12.6. The number of thiazole rings is 1. The van der Waals surface area contributed by atoms with Gasteiger partial charge in [0.1, 0.15) is 15.5 Å². The summed E-state index contributed by atoms with van der Waals surface area (Å²) in [6.07, 6.45) is 1.23. The van der Waals surface area contributed by atoms with Gasteiger partial charge in [-0.3, -0.25) is 34.4 Å². The van der Waals surface area contributed by atoms with Crippen LogP contribution in [0.15, 0.2) is 52.2 Å². The summed E-state index contributed by atoms with van der Waals surface area (Å²) in [6, 6.07) is 10.8. The molecule has 0 aliphatic rings. The molecule has 10 nitrogen and oxygen atoms in total. The minimum Gasteiger partial charge on any atom is -0.280 e. The second kappa shape index (κ2) is 8.19. The largest absolute Gasteiger partial charge is 0.332 e. The Labute approximate surface area is 185 Å². The van der Waals surface area contributed by atoms with E-state index in [1.54, 1.807) is 6.92 Å². The fourth-order valence-electron chi connectivity index (χ4n) is 3.14. The van der Waals surface area contributed by atoms with Crippen molar-refractivity contribution in [3.05, 3.63) is 79.6 Å². The van der Waals surface area contributed by atoms with Gasteiger partial charge in [-0.05, 0) is 13.0 Å². The van der Waals surface area contributed by atoms with Crippen LogP contribution in [0.25, 0.3) is 21.6 Å². The van der Waals surface area contributed by atoms with Gasteiger partial charge in [-0.1, -0.05) is 30.3 Å². The molecule has 0 bridgehead atoms. The molecule has 0 saturated heterocycles. The number of aromatic nitrogens is 4. The Balaban J connectivity index is 1.54. The molecule has 0 radical (unpaired) electrons. The highest BCUT2D eigenvalue weighted by molar-refractivity contribution is 7.17. The topological polar surface area (TPSA) is 128 Å². The van der Waals surface area contributed by atoms with E-state index in [0.29, 0.717) is 15.6 Å². The molecular weight excluding hydrogens is 432 g/mol. The predicted octanol–water partition coefficient (Wildman–Crippen LogP) is 1.14. The van der Waals surface area contributed by atoms with E-state index < -0.39 is 23.1 Å². The molecule has 4 rings (SSSR count). The third-order valence-corrected chi connectivity index (χ3v) is 6.07. The first-order valence-corrected chi connectivity index (χ1v) is 10.3. The van der Waals surface area contributed by atoms with Gasteiger partial charge in [-0.15, -0.1) is 11.3 Å². The van der Waals surface area contributed by atoms with Crippen LogP contribution in [-0.2, 0) is 14.1 Å². The van der Waals surface area contributed by atoms with Crippen molar-refractivity contribution in [2.24, 2.45) is 14.1 Å². The van der Waals surface area contributed by atoms with Crippen LogP contribution >= 0.6 is 11.3 Å². The number of benzene rings is 1. The van der Waals surface area contributed by atoms with Gasteiger partial charge in [0.15, 0.2) is 0 Å². The highest BCUT2D eigenvalue weighted by atomic mass is 32.1. The number of hydrogen-bond acceptors (Lipinski definition) is 7. The van der Waals surface area contributed by atoms with Crippen molar-refractivity contribution in [3.8, 4) is 10.6 Å². The quantitative estimate of drug-likeness (QED) is 0.451.